The molecule has 0 aromatic carbocycles. The zero-order chi connectivity index (χ0) is 22.8. The van der Waals surface area contributed by atoms with Gasteiger partial charge in [-0.25, -0.2) is 0 Å². The van der Waals surface area contributed by atoms with Crippen LogP contribution in [0.25, 0.3) is 0 Å². The van der Waals surface area contributed by atoms with Gasteiger partial charge in [-0.1, -0.05) is 65.3 Å². The standard InChI is InChI=1S/C28H46O3/c1-17(2)18(3)7-8-19(4)22-9-10-23-21-15-25(30)28(31)16-20(29)11-14-27(28,6)24(21)12-13-26(22,23)5/h7-8,15,17-20,22-25,29-31H,9-14,16H2,1-6H3/b8-7-/t18-,19-,20+,22-,23-,24-,25-,26-,27-,28+/m1/s1. The topological polar surface area (TPSA) is 60.7 Å². The molecule has 4 rings (SSSR count). The highest BCUT2D eigenvalue weighted by Gasteiger charge is 2.64. The summed E-state index contributed by atoms with van der Waals surface area (Å²) in [6.45, 7) is 14.0. The molecule has 0 unspecified atom stereocenters. The van der Waals surface area contributed by atoms with Crippen molar-refractivity contribution in [2.24, 2.45) is 46.3 Å². The molecule has 4 aliphatic carbocycles. The Labute approximate surface area is 190 Å². The summed E-state index contributed by atoms with van der Waals surface area (Å²) >= 11 is 0. The van der Waals surface area contributed by atoms with Crippen molar-refractivity contribution in [2.45, 2.75) is 104 Å². The maximum atomic E-state index is 11.6. The first-order chi connectivity index (χ1) is 14.4. The van der Waals surface area contributed by atoms with Crippen LogP contribution in [0.4, 0.5) is 0 Å². The molecule has 3 fully saturated rings. The largest absolute Gasteiger partial charge is 0.393 e. The Bertz CT molecular complexity index is 741. The Kier molecular flexibility index (Phi) is 6.06. The Morgan fingerprint density at radius 3 is 2.32 bits per heavy atom. The Balaban J connectivity index is 1.61. The molecule has 3 heteroatoms. The first-order valence-electron chi connectivity index (χ1n) is 12.9. The third kappa shape index (κ3) is 3.49. The van der Waals surface area contributed by atoms with Gasteiger partial charge < -0.3 is 15.3 Å². The van der Waals surface area contributed by atoms with Crippen molar-refractivity contribution in [3.8, 4) is 0 Å². The molecule has 0 amide bonds. The second-order valence-electron chi connectivity index (χ2n) is 12.5. The molecule has 3 nitrogen and oxygen atoms in total. The van der Waals surface area contributed by atoms with E-state index in [4.69, 9.17) is 0 Å². The lowest BCUT2D eigenvalue weighted by Gasteiger charge is -2.62. The molecule has 0 saturated heterocycles. The SMILES string of the molecule is CC(C)[C@H](C)/C=C\[C@@H](C)[C@H]1CC[C@@H]2C3=C[C@@H](O)[C@@]4(O)C[C@@H](O)CC[C@]4(C)[C@@H]3CC[C@@]21C. The lowest BCUT2D eigenvalue weighted by atomic mass is 9.45. The highest BCUT2D eigenvalue weighted by Crippen LogP contribution is 2.67. The first-order valence-corrected chi connectivity index (χ1v) is 12.9. The van der Waals surface area contributed by atoms with Crippen LogP contribution in [0.3, 0.4) is 0 Å². The fourth-order valence-corrected chi connectivity index (χ4v) is 8.16. The second kappa shape index (κ2) is 7.99. The second-order valence-corrected chi connectivity index (χ2v) is 12.5. The summed E-state index contributed by atoms with van der Waals surface area (Å²) in [6, 6.07) is 0. The molecule has 0 spiro atoms. The molecule has 0 bridgehead atoms. The first kappa shape index (κ1) is 23.5. The average Bonchev–Trinajstić information content (AvgIpc) is 3.05. The maximum Gasteiger partial charge on any atom is 0.102 e. The molecular formula is C28H46O3. The zero-order valence-electron chi connectivity index (χ0n) is 20.6. The molecule has 3 N–H and O–H groups in total. The summed E-state index contributed by atoms with van der Waals surface area (Å²) < 4.78 is 0. The number of aliphatic hydroxyl groups excluding tert-OH is 2. The average molecular weight is 431 g/mol. The van der Waals surface area contributed by atoms with Crippen molar-refractivity contribution < 1.29 is 15.3 Å². The summed E-state index contributed by atoms with van der Waals surface area (Å²) in [5, 5.41) is 32.9. The zero-order valence-corrected chi connectivity index (χ0v) is 20.6. The molecule has 0 radical (unpaired) electrons. The minimum Gasteiger partial charge on any atom is -0.393 e. The van der Waals surface area contributed by atoms with Crippen LogP contribution in [-0.2, 0) is 0 Å². The van der Waals surface area contributed by atoms with E-state index in [0.29, 0.717) is 41.9 Å². The molecule has 31 heavy (non-hydrogen) atoms. The number of rotatable bonds is 4. The van der Waals surface area contributed by atoms with Crippen LogP contribution in [-0.4, -0.2) is 33.1 Å². The van der Waals surface area contributed by atoms with Gasteiger partial charge in [0, 0.05) is 11.8 Å². The Morgan fingerprint density at radius 1 is 0.935 bits per heavy atom. The lowest BCUT2D eigenvalue weighted by Crippen LogP contribution is -2.65. The number of allylic oxidation sites excluding steroid dienone is 3. The van der Waals surface area contributed by atoms with Gasteiger partial charge >= 0.3 is 0 Å². The third-order valence-corrected chi connectivity index (χ3v) is 10.7. The van der Waals surface area contributed by atoms with Gasteiger partial charge in [-0.05, 0) is 79.4 Å². The summed E-state index contributed by atoms with van der Waals surface area (Å²) in [4.78, 5) is 0. The van der Waals surface area contributed by atoms with Crippen LogP contribution in [0.2, 0.25) is 0 Å². The number of hydrogen-bond donors (Lipinski definition) is 3. The predicted octanol–water partition coefficient (Wildman–Crippen LogP) is 5.50. The number of aliphatic hydroxyl groups is 3. The molecule has 4 aliphatic rings. The lowest BCUT2D eigenvalue weighted by molar-refractivity contribution is -0.210. The van der Waals surface area contributed by atoms with Crippen molar-refractivity contribution in [1.82, 2.24) is 0 Å². The van der Waals surface area contributed by atoms with E-state index in [9.17, 15) is 15.3 Å². The van der Waals surface area contributed by atoms with E-state index in [1.807, 2.05) is 6.08 Å². The van der Waals surface area contributed by atoms with Crippen LogP contribution in [0.1, 0.15) is 86.5 Å². The van der Waals surface area contributed by atoms with E-state index in [2.05, 4.69) is 53.7 Å². The summed E-state index contributed by atoms with van der Waals surface area (Å²) in [5.41, 5.74) is 0.160. The monoisotopic (exact) mass is 430 g/mol. The highest BCUT2D eigenvalue weighted by molar-refractivity contribution is 5.33. The molecule has 0 heterocycles. The van der Waals surface area contributed by atoms with Gasteiger partial charge in [0.2, 0.25) is 0 Å². The molecule has 176 valence electrons. The van der Waals surface area contributed by atoms with Crippen LogP contribution in [0, 0.1) is 46.3 Å². The predicted molar refractivity (Wildman–Crippen MR) is 126 cm³/mol. The van der Waals surface area contributed by atoms with Gasteiger partial charge in [-0.15, -0.1) is 0 Å². The van der Waals surface area contributed by atoms with E-state index in [-0.39, 0.29) is 10.8 Å². The van der Waals surface area contributed by atoms with Crippen molar-refractivity contribution in [3.05, 3.63) is 23.8 Å². The van der Waals surface area contributed by atoms with Gasteiger partial charge in [0.25, 0.3) is 0 Å². The van der Waals surface area contributed by atoms with E-state index < -0.39 is 17.8 Å². The van der Waals surface area contributed by atoms with E-state index in [1.165, 1.54) is 24.8 Å². The van der Waals surface area contributed by atoms with Crippen LogP contribution < -0.4 is 0 Å². The smallest absolute Gasteiger partial charge is 0.102 e. The van der Waals surface area contributed by atoms with Crippen LogP contribution in [0.15, 0.2) is 23.8 Å². The molecular weight excluding hydrogens is 384 g/mol. The third-order valence-electron chi connectivity index (χ3n) is 10.7. The van der Waals surface area contributed by atoms with Crippen molar-refractivity contribution in [1.29, 1.82) is 0 Å². The Morgan fingerprint density at radius 2 is 1.65 bits per heavy atom. The molecule has 0 aliphatic heterocycles. The highest BCUT2D eigenvalue weighted by atomic mass is 16.3. The van der Waals surface area contributed by atoms with Gasteiger partial charge in [0.05, 0.1) is 6.10 Å². The maximum absolute atomic E-state index is 11.6. The van der Waals surface area contributed by atoms with Crippen molar-refractivity contribution in [2.75, 3.05) is 0 Å². The van der Waals surface area contributed by atoms with E-state index >= 15 is 0 Å². The van der Waals surface area contributed by atoms with Crippen LogP contribution >= 0.6 is 0 Å². The number of hydrogen-bond acceptors (Lipinski definition) is 3. The van der Waals surface area contributed by atoms with Gasteiger partial charge in [-0.3, -0.25) is 0 Å². The fourth-order valence-electron chi connectivity index (χ4n) is 8.16. The Hall–Kier alpha value is -0.640. The molecule has 0 aromatic heterocycles. The summed E-state index contributed by atoms with van der Waals surface area (Å²) in [6.07, 6.45) is 12.1. The molecule has 3 saturated carbocycles. The summed E-state index contributed by atoms with van der Waals surface area (Å²) in [5.74, 6) is 3.37. The fraction of sp³-hybridized carbons (Fsp3) is 0.857. The van der Waals surface area contributed by atoms with E-state index in [1.54, 1.807) is 0 Å². The molecule has 10 atom stereocenters. The summed E-state index contributed by atoms with van der Waals surface area (Å²) in [7, 11) is 0. The molecule has 0 aromatic rings. The van der Waals surface area contributed by atoms with Crippen molar-refractivity contribution in [3.63, 3.8) is 0 Å². The number of fused-ring (bicyclic) bond motifs is 5. The minimum atomic E-state index is -1.20. The quantitative estimate of drug-likeness (QED) is 0.516. The van der Waals surface area contributed by atoms with E-state index in [0.717, 1.165) is 19.3 Å². The van der Waals surface area contributed by atoms with Gasteiger partial charge in [0.1, 0.15) is 11.7 Å². The van der Waals surface area contributed by atoms with Crippen LogP contribution in [0.5, 0.6) is 0 Å². The van der Waals surface area contributed by atoms with Gasteiger partial charge in [0.15, 0.2) is 0 Å². The van der Waals surface area contributed by atoms with Crippen molar-refractivity contribution >= 4 is 0 Å². The minimum absolute atomic E-state index is 0.271. The normalized spacial score (nSPS) is 49.4. The van der Waals surface area contributed by atoms with Gasteiger partial charge in [-0.2, -0.15) is 0 Å².